The molecule has 162 valence electrons. The van der Waals surface area contributed by atoms with Crippen LogP contribution in [0.5, 0.6) is 0 Å². The van der Waals surface area contributed by atoms with Crippen molar-refractivity contribution in [2.24, 2.45) is 7.05 Å². The molecule has 33 heavy (non-hydrogen) atoms. The third-order valence-electron chi connectivity index (χ3n) is 4.99. The summed E-state index contributed by atoms with van der Waals surface area (Å²) in [6.07, 6.45) is 3.49. The summed E-state index contributed by atoms with van der Waals surface area (Å²) in [5.41, 5.74) is 3.68. The number of hydrogen-bond donors (Lipinski definition) is 2. The van der Waals surface area contributed by atoms with Crippen LogP contribution in [0.15, 0.2) is 91.3 Å². The van der Waals surface area contributed by atoms with Crippen molar-refractivity contribution in [2.75, 3.05) is 10.6 Å². The molecule has 0 atom stereocenters. The van der Waals surface area contributed by atoms with Gasteiger partial charge in [-0.2, -0.15) is 10.2 Å². The molecular weight excluding hydrogens is 416 g/mol. The van der Waals surface area contributed by atoms with E-state index >= 15 is 0 Å². The predicted octanol–water partition coefficient (Wildman–Crippen LogP) is 4.06. The molecule has 9 heteroatoms. The van der Waals surface area contributed by atoms with E-state index in [1.165, 1.54) is 0 Å². The number of nitrogens with zero attached hydrogens (tertiary/aromatic N) is 6. The fourth-order valence-corrected chi connectivity index (χ4v) is 3.33. The van der Waals surface area contributed by atoms with Crippen LogP contribution in [0.4, 0.5) is 17.2 Å². The molecular formula is C24H20N8O. The largest absolute Gasteiger partial charge is 0.339 e. The molecule has 5 aromatic rings. The van der Waals surface area contributed by atoms with E-state index in [0.29, 0.717) is 23.0 Å². The van der Waals surface area contributed by atoms with Crippen LogP contribution in [0, 0.1) is 0 Å². The molecule has 0 saturated carbocycles. The normalized spacial score (nSPS) is 10.7. The van der Waals surface area contributed by atoms with Gasteiger partial charge in [-0.05, 0) is 48.5 Å². The number of hydrogen-bond acceptors (Lipinski definition) is 6. The van der Waals surface area contributed by atoms with E-state index in [9.17, 15) is 4.79 Å². The van der Waals surface area contributed by atoms with Crippen LogP contribution in [0.1, 0.15) is 10.5 Å². The van der Waals surface area contributed by atoms with Gasteiger partial charge >= 0.3 is 0 Å². The molecule has 0 aliphatic rings. The minimum absolute atomic E-state index is 0.229. The van der Waals surface area contributed by atoms with Crippen LogP contribution in [0.25, 0.3) is 17.1 Å². The molecule has 5 rings (SSSR count). The molecule has 1 amide bonds. The highest BCUT2D eigenvalue weighted by molar-refractivity contribution is 6.03. The van der Waals surface area contributed by atoms with Gasteiger partial charge in [0.2, 0.25) is 0 Å². The Bertz CT molecular complexity index is 1360. The van der Waals surface area contributed by atoms with E-state index in [-0.39, 0.29) is 5.91 Å². The maximum Gasteiger partial charge on any atom is 0.273 e. The van der Waals surface area contributed by atoms with Gasteiger partial charge in [0, 0.05) is 36.4 Å². The van der Waals surface area contributed by atoms with E-state index in [0.717, 1.165) is 16.9 Å². The van der Waals surface area contributed by atoms with Crippen molar-refractivity contribution in [1.29, 1.82) is 0 Å². The third kappa shape index (κ3) is 4.47. The van der Waals surface area contributed by atoms with Gasteiger partial charge in [-0.1, -0.05) is 30.3 Å². The maximum absolute atomic E-state index is 12.8. The van der Waals surface area contributed by atoms with E-state index in [1.807, 2.05) is 72.8 Å². The van der Waals surface area contributed by atoms with E-state index < -0.39 is 0 Å². The van der Waals surface area contributed by atoms with Gasteiger partial charge in [0.15, 0.2) is 11.6 Å². The van der Waals surface area contributed by atoms with E-state index in [1.54, 1.807) is 34.9 Å². The SMILES string of the molecule is Cn1nc(-c2ccccc2)cc1C(=O)Nc1ccc(Nc2ccc(-n3cccn3)nn2)cc1. The number of aromatic nitrogens is 6. The number of nitrogens with one attached hydrogen (secondary N) is 2. The highest BCUT2D eigenvalue weighted by Gasteiger charge is 2.14. The lowest BCUT2D eigenvalue weighted by Gasteiger charge is -2.08. The predicted molar refractivity (Wildman–Crippen MR) is 125 cm³/mol. The standard InChI is InChI=1S/C24H20N8O/c1-31-21(16-20(30-31)17-6-3-2-4-7-17)24(33)27-19-10-8-18(9-11-19)26-22-12-13-23(29-28-22)32-15-5-14-25-32/h2-16H,1H3,(H,26,28)(H,27,33). The Morgan fingerprint density at radius 3 is 2.36 bits per heavy atom. The van der Waals surface area contributed by atoms with Crippen LogP contribution < -0.4 is 10.6 Å². The summed E-state index contributed by atoms with van der Waals surface area (Å²) in [7, 11) is 1.76. The fraction of sp³-hybridized carbons (Fsp3) is 0.0417. The van der Waals surface area contributed by atoms with Gasteiger partial charge in [-0.25, -0.2) is 4.68 Å². The summed E-state index contributed by atoms with van der Waals surface area (Å²) in [5, 5.41) is 23.0. The summed E-state index contributed by atoms with van der Waals surface area (Å²) < 4.78 is 3.22. The maximum atomic E-state index is 12.8. The third-order valence-corrected chi connectivity index (χ3v) is 4.99. The zero-order valence-electron chi connectivity index (χ0n) is 17.8. The molecule has 9 nitrogen and oxygen atoms in total. The lowest BCUT2D eigenvalue weighted by atomic mass is 10.1. The van der Waals surface area contributed by atoms with Crippen molar-refractivity contribution >= 4 is 23.1 Å². The number of carbonyl (C=O) groups is 1. The van der Waals surface area contributed by atoms with E-state index in [4.69, 9.17) is 0 Å². The molecule has 0 aliphatic carbocycles. The number of carbonyl (C=O) groups excluding carboxylic acids is 1. The van der Waals surface area contributed by atoms with Gasteiger partial charge in [0.05, 0.1) is 5.69 Å². The summed E-state index contributed by atoms with van der Waals surface area (Å²) in [4.78, 5) is 12.8. The quantitative estimate of drug-likeness (QED) is 0.416. The smallest absolute Gasteiger partial charge is 0.273 e. The monoisotopic (exact) mass is 436 g/mol. The molecule has 0 saturated heterocycles. The van der Waals surface area contributed by atoms with Crippen molar-refractivity contribution in [3.63, 3.8) is 0 Å². The van der Waals surface area contributed by atoms with Crippen molar-refractivity contribution in [3.05, 3.63) is 97.0 Å². The van der Waals surface area contributed by atoms with E-state index in [2.05, 4.69) is 31.0 Å². The Hall–Kier alpha value is -4.79. The van der Waals surface area contributed by atoms with Crippen LogP contribution in [0.2, 0.25) is 0 Å². The average molecular weight is 436 g/mol. The summed E-state index contributed by atoms with van der Waals surface area (Å²) >= 11 is 0. The second-order valence-electron chi connectivity index (χ2n) is 7.29. The Kier molecular flexibility index (Phi) is 5.34. The molecule has 3 aromatic heterocycles. The molecule has 0 radical (unpaired) electrons. The van der Waals surface area contributed by atoms with Crippen LogP contribution in [-0.4, -0.2) is 35.7 Å². The van der Waals surface area contributed by atoms with Gasteiger partial charge in [0.1, 0.15) is 5.69 Å². The Balaban J connectivity index is 1.24. The summed E-state index contributed by atoms with van der Waals surface area (Å²) in [6, 6.07) is 24.4. The van der Waals surface area contributed by atoms with Crippen LogP contribution in [-0.2, 0) is 7.05 Å². The first-order valence-corrected chi connectivity index (χ1v) is 10.3. The summed E-state index contributed by atoms with van der Waals surface area (Å²) in [6.45, 7) is 0. The second kappa shape index (κ2) is 8.75. The molecule has 2 N–H and O–H groups in total. The zero-order chi connectivity index (χ0) is 22.6. The number of rotatable bonds is 6. The van der Waals surface area contributed by atoms with Crippen molar-refractivity contribution < 1.29 is 4.79 Å². The minimum atomic E-state index is -0.229. The molecule has 0 aliphatic heterocycles. The van der Waals surface area contributed by atoms with Crippen molar-refractivity contribution in [2.45, 2.75) is 0 Å². The molecule has 0 fully saturated rings. The molecule has 0 bridgehead atoms. The second-order valence-corrected chi connectivity index (χ2v) is 7.29. The number of aryl methyl sites for hydroxylation is 1. The Morgan fingerprint density at radius 2 is 1.67 bits per heavy atom. The minimum Gasteiger partial charge on any atom is -0.339 e. The van der Waals surface area contributed by atoms with Crippen LogP contribution in [0.3, 0.4) is 0 Å². The van der Waals surface area contributed by atoms with Gasteiger partial charge < -0.3 is 10.6 Å². The Labute approximate surface area is 189 Å². The van der Waals surface area contributed by atoms with Gasteiger partial charge in [-0.3, -0.25) is 9.48 Å². The number of anilines is 3. The first kappa shape index (κ1) is 20.1. The lowest BCUT2D eigenvalue weighted by molar-refractivity contribution is 0.101. The first-order valence-electron chi connectivity index (χ1n) is 10.3. The summed E-state index contributed by atoms with van der Waals surface area (Å²) in [5.74, 6) is 1.01. The molecule has 0 spiro atoms. The average Bonchev–Trinajstić information content (AvgIpc) is 3.52. The van der Waals surface area contributed by atoms with Crippen molar-refractivity contribution in [1.82, 2.24) is 29.8 Å². The number of amides is 1. The Morgan fingerprint density at radius 1 is 0.879 bits per heavy atom. The van der Waals surface area contributed by atoms with Crippen LogP contribution >= 0.6 is 0 Å². The number of benzene rings is 2. The topological polar surface area (TPSA) is 103 Å². The molecule has 3 heterocycles. The van der Waals surface area contributed by atoms with Gasteiger partial charge in [-0.15, -0.1) is 10.2 Å². The molecule has 2 aromatic carbocycles. The highest BCUT2D eigenvalue weighted by Crippen LogP contribution is 2.21. The lowest BCUT2D eigenvalue weighted by Crippen LogP contribution is -2.16. The molecule has 0 unspecified atom stereocenters. The van der Waals surface area contributed by atoms with Crippen molar-refractivity contribution in [3.8, 4) is 17.1 Å². The highest BCUT2D eigenvalue weighted by atomic mass is 16.2. The van der Waals surface area contributed by atoms with Gasteiger partial charge in [0.25, 0.3) is 5.91 Å². The fourth-order valence-electron chi connectivity index (χ4n) is 3.33. The zero-order valence-corrected chi connectivity index (χ0v) is 17.8. The first-order chi connectivity index (χ1) is 16.2.